The van der Waals surface area contributed by atoms with Gasteiger partial charge in [0.05, 0.1) is 78.8 Å². The number of urea groups is 2. The number of isocyanates is 3. The Morgan fingerprint density at radius 2 is 0.852 bits per heavy atom. The molecule has 18 N–H and O–H groups in total. The van der Waals surface area contributed by atoms with Gasteiger partial charge in [0.25, 0.3) is 0 Å². The third kappa shape index (κ3) is 76.4. The number of carbonyl (C=O) groups is 2. The minimum absolute atomic E-state index is 0. The van der Waals surface area contributed by atoms with E-state index >= 15 is 0 Å². The second kappa shape index (κ2) is 91.3. The van der Waals surface area contributed by atoms with Gasteiger partial charge in [-0.3, -0.25) is 24.6 Å². The van der Waals surface area contributed by atoms with Crippen molar-refractivity contribution in [1.82, 2.24) is 47.5 Å². The van der Waals surface area contributed by atoms with Crippen LogP contribution < -0.4 is 54.0 Å². The van der Waals surface area contributed by atoms with E-state index in [9.17, 15) is 24.0 Å². The van der Waals surface area contributed by atoms with Crippen LogP contribution in [0.25, 0.3) is 0 Å². The number of aliphatic imine (C=N–C) groups is 3. The van der Waals surface area contributed by atoms with Crippen LogP contribution in [0, 0.1) is 0 Å². The van der Waals surface area contributed by atoms with E-state index in [-0.39, 0.29) is 89.4 Å². The maximum atomic E-state index is 12.0. The zero-order chi connectivity index (χ0) is 107. The predicted octanol–water partition coefficient (Wildman–Crippen LogP) is 19.4. The summed E-state index contributed by atoms with van der Waals surface area (Å²) in [5.74, 6) is 0.951. The third-order valence-corrected chi connectivity index (χ3v) is 43.7. The number of rotatable bonds is 37. The number of hydrogen-bond acceptors (Lipinski definition) is 33. The van der Waals surface area contributed by atoms with E-state index in [4.69, 9.17) is 123 Å². The standard InChI is InChI=1S/C26H56N4O5Si2.C23H40N6S.C20H38N2O7Si2.C10H21NO4Si.C4H10O2.C3H9N.C2H6.4CH4.2ClH.I2.Mn.H2O4S.H2O2/c1-11-15-27-23(31)29-17-13-19-36(25(5,6)7)33-21(3)22(4)34-37(35-36,26(8,9)10)20-14-18-30-24(32)28-16-12-2;24-9-12-30-19-13-17-15-27-22-7-3-1-5-20(22)25-10-11-26-21-6-2-4-8-23(21)28-16-18(14-19)29-17;1-17-18(2)26-31(28-20(6,7)8,14-10-12-22-16-24)29-30(25-17,27-19(3,4)5)13-9-11-21-15-23;1-4-13-16(14-5-2,15-6-3)9-7-8-11-10-12;1-3(5)4(2)6;1-2-3-4;1-2;;;;;;;1-2;;1-5(2,3)4;1-2/h21-22H,11-20H2,1-10H3,(H2,27,29,31)(H2,28,30,32);13-14,20-23,25-28H,1-12,15-16,24H2;17-18H,9-14H2,1-8H3;4-9H2,1-3H3;3-6H,1-2H3;2-4H2,1H3;1-2H3;4*1H4;2*1H;;;(H2,1,2,3,4);1-2H/q;;;;;;;;;;;;;;+2;;/p-2/t;20-,21?,22?,23-;;;;;;;;;;;;;;;/m.1.............../s1. The van der Waals surface area contributed by atoms with Crippen molar-refractivity contribution in [3.63, 3.8) is 0 Å². The predicted molar refractivity (Wildman–Crippen MR) is 605 cm³/mol. The van der Waals surface area contributed by atoms with Crippen LogP contribution in [0.1, 0.15) is 324 Å². The average molecular weight is 2470 g/mol. The van der Waals surface area contributed by atoms with Gasteiger partial charge in [-0.2, -0.15) is 8.42 Å². The first-order valence-electron chi connectivity index (χ1n) is 48.7. The number of nitrogens with zero attached hydrogens (tertiary/aromatic N) is 4. The van der Waals surface area contributed by atoms with E-state index in [0.29, 0.717) is 127 Å². The number of aliphatic hydroxyl groups excluding tert-OH is 2. The molecular formula is C92H200Cl2I2MnN14O24S2Si5. The summed E-state index contributed by atoms with van der Waals surface area (Å²) in [6, 6.07) is 9.62. The molecule has 50 heteroatoms. The molecule has 2 saturated heterocycles. The fraction of sp³-hybridized carbons (Fsp3) is 0.891. The Labute approximate surface area is 907 Å². The summed E-state index contributed by atoms with van der Waals surface area (Å²) in [4.78, 5) is 72.2. The van der Waals surface area contributed by atoms with Crippen molar-refractivity contribution >= 4 is 153 Å². The molecule has 14 atom stereocenters. The van der Waals surface area contributed by atoms with Crippen molar-refractivity contribution in [2.24, 2.45) is 26.4 Å². The van der Waals surface area contributed by atoms with Crippen molar-refractivity contribution in [1.29, 1.82) is 0 Å². The first kappa shape index (κ1) is 158. The summed E-state index contributed by atoms with van der Waals surface area (Å²) in [5, 5.41) is 55.4. The number of fused-ring (bicyclic) bond motifs is 4. The molecular weight excluding hydrogens is 2270 g/mol. The van der Waals surface area contributed by atoms with Crippen molar-refractivity contribution in [3.05, 3.63) is 23.5 Å². The van der Waals surface area contributed by atoms with Crippen LogP contribution in [0.5, 0.6) is 0 Å². The molecule has 3 aliphatic heterocycles. The van der Waals surface area contributed by atoms with E-state index in [1.54, 1.807) is 26.0 Å². The van der Waals surface area contributed by atoms with E-state index in [1.165, 1.54) is 62.3 Å². The van der Waals surface area contributed by atoms with Crippen molar-refractivity contribution in [3.8, 4) is 0 Å². The van der Waals surface area contributed by atoms with Crippen LogP contribution in [0.3, 0.4) is 0 Å². The molecule has 142 heavy (non-hydrogen) atoms. The van der Waals surface area contributed by atoms with Gasteiger partial charge < -0.3 is 112 Å². The van der Waals surface area contributed by atoms with Crippen molar-refractivity contribution < 1.29 is 123 Å². The van der Waals surface area contributed by atoms with E-state index in [2.05, 4.69) is 169 Å². The van der Waals surface area contributed by atoms with Gasteiger partial charge in [0.2, 0.25) is 18.2 Å². The Balaban J connectivity index is -0.000000222. The normalized spacial score (nSPS) is 23.0. The van der Waals surface area contributed by atoms with Crippen LogP contribution in [-0.4, -0.2) is 287 Å². The molecule has 5 aliphatic rings. The number of carbonyl (C=O) groups excluding carboxylic acids is 5. The first-order chi connectivity index (χ1) is 64.9. The Kier molecular flexibility index (Phi) is 102. The summed E-state index contributed by atoms with van der Waals surface area (Å²) >= 11 is 6.09. The Hall–Kier alpha value is -1.15. The van der Waals surface area contributed by atoms with Crippen LogP contribution >= 0.6 is 69.2 Å². The first-order valence-corrected chi connectivity index (χ1v) is 70.5. The molecule has 6 rings (SSSR count). The van der Waals surface area contributed by atoms with Gasteiger partial charge in [-0.1, -0.05) is 132 Å². The zero-order valence-electron chi connectivity index (χ0n) is 88.0. The maximum absolute atomic E-state index is 12.0. The molecule has 1 aromatic rings. The molecule has 0 radical (unpaired) electrons. The van der Waals surface area contributed by atoms with Crippen LogP contribution in [0.15, 0.2) is 32.0 Å². The van der Waals surface area contributed by atoms with Gasteiger partial charge in [-0.15, -0.1) is 11.8 Å². The number of halogens is 4. The monoisotopic (exact) mass is 2470 g/mol. The second-order valence-corrected chi connectivity index (χ2v) is 57.4. The molecule has 38 nitrogen and oxygen atoms in total. The number of amides is 4. The van der Waals surface area contributed by atoms with Gasteiger partial charge in [-0.05, 0) is 212 Å². The minimum atomic E-state index is -4.67. The van der Waals surface area contributed by atoms with Crippen LogP contribution in [0.4, 0.5) is 9.59 Å². The summed E-state index contributed by atoms with van der Waals surface area (Å²) in [5.41, 5.74) is 12.0. The van der Waals surface area contributed by atoms with E-state index in [0.717, 1.165) is 100 Å². The molecule has 1 aromatic heterocycles. The Morgan fingerprint density at radius 1 is 0.549 bits per heavy atom. The van der Waals surface area contributed by atoms with Crippen LogP contribution in [-0.2, 0) is 99.1 Å². The summed E-state index contributed by atoms with van der Waals surface area (Å²) < 4.78 is 102. The molecule has 0 spiro atoms. The fourth-order valence-electron chi connectivity index (χ4n) is 14.3. The number of thioether (sulfide) groups is 1. The summed E-state index contributed by atoms with van der Waals surface area (Å²) in [6.45, 7) is 62.6. The van der Waals surface area contributed by atoms with E-state index in [1.807, 2.05) is 116 Å². The number of nitrogens with two attached hydrogens (primary N) is 2. The number of aliphatic hydroxyl groups is 2. The molecule has 2 aliphatic carbocycles. The summed E-state index contributed by atoms with van der Waals surface area (Å²) in [7, 11) is -9.87. The topological polar surface area (TPSA) is 541 Å². The van der Waals surface area contributed by atoms with E-state index < -0.39 is 77.3 Å². The molecule has 4 fully saturated rings. The van der Waals surface area contributed by atoms with Gasteiger partial charge in [0.1, 0.15) is 0 Å². The number of hydrogen-bond donors (Lipinski definition) is 16. The second-order valence-electron chi connectivity index (χ2n) is 36.9. The fourth-order valence-corrected chi connectivity index (χ4v) is 37.3. The third-order valence-electron chi connectivity index (χ3n) is 21.0. The molecule has 2 bridgehead atoms. The SMILES string of the molecule is C.C.C.C.CC.CC(O)C(C)O.CC1O[Si](CCCN=C=O)(OC(C)(C)C)O[Si](CCCN=C=O)(OC(C)(C)C)OC1C.CCCN.CCCNC(=O)NCCC[Si]1(C(C)(C)C)OC(C)C(C)O[Si](CCCNC(=O)NCCC)(C(C)(C)C)O1.CCO[Si](CCCN=C=O)(OCC)OCC.II.NCCSc1cc2nc(c1)CN[C@@H]1CCCCC1NCCN[C@@H]1CCCCC1NC2.O=S(=O)(O)O.OO.[Cl][Mn][Cl]. The van der Waals surface area contributed by atoms with Crippen LogP contribution in [0.2, 0.25) is 40.3 Å². The molecule has 2 saturated carbocycles. The molecule has 12 unspecified atom stereocenters. The number of pyridine rings is 1. The molecule has 4 amide bonds. The molecule has 4 heterocycles. The number of nitrogens with one attached hydrogen (secondary N) is 8. The Morgan fingerprint density at radius 3 is 1.13 bits per heavy atom. The Bertz CT molecular complexity index is 3310. The quantitative estimate of drug-likeness (QED) is 0.00338. The van der Waals surface area contributed by atoms with Gasteiger partial charge in [-0.25, -0.2) is 38.9 Å². The molecule has 0 aromatic carbocycles. The zero-order valence-corrected chi connectivity index (χ0v) is 102. The van der Waals surface area contributed by atoms with Crippen molar-refractivity contribution in [2.45, 2.75) is 443 Å². The van der Waals surface area contributed by atoms with Gasteiger partial charge in [0, 0.05) is 179 Å². The average Bonchev–Trinajstić information content (AvgIpc) is 1.55. The van der Waals surface area contributed by atoms with Gasteiger partial charge >= 0.3 is 99.3 Å². The number of aromatic nitrogens is 1. The molecule has 849 valence electrons. The summed E-state index contributed by atoms with van der Waals surface area (Å²) in [6.07, 6.45) is 19.4. The van der Waals surface area contributed by atoms with Gasteiger partial charge in [0.15, 0.2) is 0 Å². The van der Waals surface area contributed by atoms with Crippen molar-refractivity contribution in [2.75, 3.05) is 97.6 Å².